The first-order chi connectivity index (χ1) is 14.3. The number of piperidine rings is 2. The number of likely N-dealkylation sites (tertiary alicyclic amines) is 2. The molecule has 2 heterocycles. The minimum Gasteiger partial charge on any atom is -0.373 e. The average molecular weight is 393 g/mol. The molecule has 1 amide bonds. The molecule has 0 N–H and O–H groups in total. The Labute approximate surface area is 174 Å². The van der Waals surface area contributed by atoms with Crippen LogP contribution in [0.4, 0.5) is 0 Å². The monoisotopic (exact) mass is 392 g/mol. The Morgan fingerprint density at radius 2 is 1.48 bits per heavy atom. The average Bonchev–Trinajstić information content (AvgIpc) is 2.81. The highest BCUT2D eigenvalue weighted by Gasteiger charge is 2.34. The lowest BCUT2D eigenvalue weighted by atomic mass is 9.98. The highest BCUT2D eigenvalue weighted by Crippen LogP contribution is 2.29. The van der Waals surface area contributed by atoms with E-state index >= 15 is 0 Å². The van der Waals surface area contributed by atoms with Gasteiger partial charge in [-0.1, -0.05) is 60.7 Å². The van der Waals surface area contributed by atoms with E-state index in [2.05, 4.69) is 46.2 Å². The summed E-state index contributed by atoms with van der Waals surface area (Å²) in [5, 5.41) is 0. The molecule has 1 unspecified atom stereocenters. The predicted octanol–water partition coefficient (Wildman–Crippen LogP) is 4.42. The highest BCUT2D eigenvalue weighted by molar-refractivity contribution is 5.83. The van der Waals surface area contributed by atoms with Crippen LogP contribution in [-0.2, 0) is 16.1 Å². The van der Waals surface area contributed by atoms with Crippen LogP contribution in [0, 0.1) is 0 Å². The summed E-state index contributed by atoms with van der Waals surface area (Å²) in [6.07, 6.45) is 5.72. The van der Waals surface area contributed by atoms with Crippen molar-refractivity contribution >= 4 is 5.91 Å². The van der Waals surface area contributed by atoms with E-state index in [9.17, 15) is 4.79 Å². The SMILES string of the molecule is O=C(C(c1ccccc1)N1CCC(OCc2ccccc2)CC1)N1CCCCC1. The molecule has 4 nitrogen and oxygen atoms in total. The van der Waals surface area contributed by atoms with Crippen LogP contribution < -0.4 is 0 Å². The van der Waals surface area contributed by atoms with Gasteiger partial charge in [0.2, 0.25) is 5.91 Å². The summed E-state index contributed by atoms with van der Waals surface area (Å²) in [5.41, 5.74) is 2.34. The fraction of sp³-hybridized carbons (Fsp3) is 0.480. The maximum atomic E-state index is 13.4. The van der Waals surface area contributed by atoms with Gasteiger partial charge in [0.1, 0.15) is 6.04 Å². The first-order valence-corrected chi connectivity index (χ1v) is 11.0. The zero-order chi connectivity index (χ0) is 19.9. The van der Waals surface area contributed by atoms with Crippen LogP contribution in [0.3, 0.4) is 0 Å². The molecule has 0 spiro atoms. The van der Waals surface area contributed by atoms with Crippen molar-refractivity contribution in [3.8, 4) is 0 Å². The van der Waals surface area contributed by atoms with Gasteiger partial charge in [0.05, 0.1) is 12.7 Å². The van der Waals surface area contributed by atoms with Gasteiger partial charge in [0, 0.05) is 26.2 Å². The Morgan fingerprint density at radius 1 is 0.862 bits per heavy atom. The Bertz CT molecular complexity index is 751. The van der Waals surface area contributed by atoms with Crippen molar-refractivity contribution in [3.63, 3.8) is 0 Å². The third-order valence-electron chi connectivity index (χ3n) is 6.19. The second-order valence-electron chi connectivity index (χ2n) is 8.23. The quantitative estimate of drug-likeness (QED) is 0.729. The molecule has 0 aromatic heterocycles. The minimum atomic E-state index is -0.163. The summed E-state index contributed by atoms with van der Waals surface area (Å²) in [7, 11) is 0. The van der Waals surface area contributed by atoms with Crippen LogP contribution in [0.1, 0.15) is 49.3 Å². The van der Waals surface area contributed by atoms with Gasteiger partial charge < -0.3 is 9.64 Å². The molecule has 29 heavy (non-hydrogen) atoms. The number of hydrogen-bond donors (Lipinski definition) is 0. The maximum absolute atomic E-state index is 13.4. The van der Waals surface area contributed by atoms with Crippen LogP contribution in [0.2, 0.25) is 0 Å². The van der Waals surface area contributed by atoms with Crippen LogP contribution in [-0.4, -0.2) is 48.0 Å². The van der Waals surface area contributed by atoms with E-state index in [1.165, 1.54) is 12.0 Å². The number of amides is 1. The lowest BCUT2D eigenvalue weighted by Gasteiger charge is -2.39. The lowest BCUT2D eigenvalue weighted by molar-refractivity contribution is -0.139. The van der Waals surface area contributed by atoms with Crippen molar-refractivity contribution in [3.05, 3.63) is 71.8 Å². The second kappa shape index (κ2) is 10.0. The minimum absolute atomic E-state index is 0.163. The van der Waals surface area contributed by atoms with E-state index in [1.807, 2.05) is 24.3 Å². The maximum Gasteiger partial charge on any atom is 0.244 e. The first-order valence-electron chi connectivity index (χ1n) is 11.0. The van der Waals surface area contributed by atoms with E-state index in [4.69, 9.17) is 4.74 Å². The fourth-order valence-electron chi connectivity index (χ4n) is 4.52. The van der Waals surface area contributed by atoms with Crippen LogP contribution in [0.25, 0.3) is 0 Å². The van der Waals surface area contributed by atoms with Gasteiger partial charge in [-0.25, -0.2) is 0 Å². The van der Waals surface area contributed by atoms with Crippen molar-refractivity contribution < 1.29 is 9.53 Å². The number of benzene rings is 2. The molecule has 0 aliphatic carbocycles. The van der Waals surface area contributed by atoms with Gasteiger partial charge in [0.15, 0.2) is 0 Å². The Hall–Kier alpha value is -2.17. The summed E-state index contributed by atoms with van der Waals surface area (Å²) < 4.78 is 6.16. The molecule has 1 atom stereocenters. The Kier molecular flexibility index (Phi) is 6.96. The standard InChI is InChI=1S/C25H32N2O2/c28-25(27-16-8-3-9-17-27)24(22-12-6-2-7-13-22)26-18-14-23(15-19-26)29-20-21-10-4-1-5-11-21/h1-2,4-7,10-13,23-24H,3,8-9,14-20H2. The molecule has 0 radical (unpaired) electrons. The lowest BCUT2D eigenvalue weighted by Crippen LogP contribution is -2.48. The number of ether oxygens (including phenoxy) is 1. The molecule has 154 valence electrons. The number of hydrogen-bond acceptors (Lipinski definition) is 3. The Balaban J connectivity index is 1.39. The summed E-state index contributed by atoms with van der Waals surface area (Å²) in [5.74, 6) is 0.277. The summed E-state index contributed by atoms with van der Waals surface area (Å²) in [4.78, 5) is 17.9. The number of nitrogens with zero attached hydrogens (tertiary/aromatic N) is 2. The molecule has 4 heteroatoms. The zero-order valence-electron chi connectivity index (χ0n) is 17.2. The van der Waals surface area contributed by atoms with E-state index in [1.54, 1.807) is 0 Å². The van der Waals surface area contributed by atoms with Crippen LogP contribution in [0.5, 0.6) is 0 Å². The fourth-order valence-corrected chi connectivity index (χ4v) is 4.52. The van der Waals surface area contributed by atoms with Gasteiger partial charge in [0.25, 0.3) is 0 Å². The zero-order valence-corrected chi connectivity index (χ0v) is 17.2. The van der Waals surface area contributed by atoms with Gasteiger partial charge in [-0.15, -0.1) is 0 Å². The molecule has 2 aromatic rings. The van der Waals surface area contributed by atoms with E-state index in [-0.39, 0.29) is 18.1 Å². The van der Waals surface area contributed by atoms with Gasteiger partial charge in [-0.3, -0.25) is 9.69 Å². The topological polar surface area (TPSA) is 32.8 Å². The first kappa shape index (κ1) is 20.1. The molecule has 4 rings (SSSR count). The van der Waals surface area contributed by atoms with Gasteiger partial charge >= 0.3 is 0 Å². The molecular weight excluding hydrogens is 360 g/mol. The van der Waals surface area contributed by atoms with Gasteiger partial charge in [-0.2, -0.15) is 0 Å². The number of rotatable bonds is 6. The number of carbonyl (C=O) groups excluding carboxylic acids is 1. The molecule has 0 saturated carbocycles. The predicted molar refractivity (Wildman–Crippen MR) is 115 cm³/mol. The summed E-state index contributed by atoms with van der Waals surface area (Å²) >= 11 is 0. The molecule has 2 saturated heterocycles. The van der Waals surface area contributed by atoms with Gasteiger partial charge in [-0.05, 0) is 43.2 Å². The molecule has 2 fully saturated rings. The van der Waals surface area contributed by atoms with Crippen LogP contribution in [0.15, 0.2) is 60.7 Å². The highest BCUT2D eigenvalue weighted by atomic mass is 16.5. The van der Waals surface area contributed by atoms with Crippen molar-refractivity contribution in [1.29, 1.82) is 0 Å². The van der Waals surface area contributed by atoms with Crippen molar-refractivity contribution in [2.45, 2.75) is 50.9 Å². The molecule has 2 aliphatic heterocycles. The Morgan fingerprint density at radius 3 is 2.14 bits per heavy atom. The third kappa shape index (κ3) is 5.26. The van der Waals surface area contributed by atoms with Crippen molar-refractivity contribution in [1.82, 2.24) is 9.80 Å². The van der Waals surface area contributed by atoms with Crippen molar-refractivity contribution in [2.24, 2.45) is 0 Å². The number of carbonyl (C=O) groups is 1. The van der Waals surface area contributed by atoms with E-state index < -0.39 is 0 Å². The van der Waals surface area contributed by atoms with Crippen molar-refractivity contribution in [2.75, 3.05) is 26.2 Å². The summed E-state index contributed by atoms with van der Waals surface area (Å²) in [6, 6.07) is 20.5. The van der Waals surface area contributed by atoms with Crippen LogP contribution >= 0.6 is 0 Å². The molecule has 0 bridgehead atoms. The van der Waals surface area contributed by atoms with E-state index in [0.717, 1.165) is 57.4 Å². The largest absolute Gasteiger partial charge is 0.373 e. The van der Waals surface area contributed by atoms with E-state index in [0.29, 0.717) is 6.61 Å². The second-order valence-corrected chi connectivity index (χ2v) is 8.23. The molecular formula is C25H32N2O2. The normalized spacial score (nSPS) is 19.8. The smallest absolute Gasteiger partial charge is 0.244 e. The summed E-state index contributed by atoms with van der Waals surface area (Å²) in [6.45, 7) is 4.27. The molecule has 2 aliphatic rings. The third-order valence-corrected chi connectivity index (χ3v) is 6.19. The molecule has 2 aromatic carbocycles.